The number of pyridine rings is 1. The fourth-order valence-corrected chi connectivity index (χ4v) is 3.84. The van der Waals surface area contributed by atoms with Crippen LogP contribution in [0, 0.1) is 0 Å². The molecule has 0 aromatic carbocycles. The number of aromatic nitrogens is 3. The van der Waals surface area contributed by atoms with Gasteiger partial charge in [-0.1, -0.05) is 18.9 Å². The van der Waals surface area contributed by atoms with Gasteiger partial charge in [0.2, 0.25) is 0 Å². The van der Waals surface area contributed by atoms with Crippen LogP contribution in [0.3, 0.4) is 0 Å². The Labute approximate surface area is 147 Å². The zero-order valence-electron chi connectivity index (χ0n) is 14.4. The van der Waals surface area contributed by atoms with Crippen molar-refractivity contribution in [3.05, 3.63) is 42.4 Å². The van der Waals surface area contributed by atoms with E-state index >= 15 is 0 Å². The highest BCUT2D eigenvalue weighted by Crippen LogP contribution is 2.26. The van der Waals surface area contributed by atoms with Crippen LogP contribution in [0.5, 0.6) is 0 Å². The summed E-state index contributed by atoms with van der Waals surface area (Å²) in [5, 5.41) is 4.20. The summed E-state index contributed by atoms with van der Waals surface area (Å²) in [6.45, 7) is 1.49. The molecule has 4 rings (SSSR count). The van der Waals surface area contributed by atoms with Crippen molar-refractivity contribution < 1.29 is 9.53 Å². The Morgan fingerprint density at radius 1 is 1.20 bits per heavy atom. The van der Waals surface area contributed by atoms with Crippen molar-refractivity contribution in [2.24, 2.45) is 0 Å². The molecule has 3 heterocycles. The van der Waals surface area contributed by atoms with E-state index in [0.717, 1.165) is 32.3 Å². The number of nitrogens with zero attached hydrogens (tertiary/aromatic N) is 4. The largest absolute Gasteiger partial charge is 0.376 e. The van der Waals surface area contributed by atoms with Crippen LogP contribution < -0.4 is 0 Å². The number of carbonyl (C=O) groups is 1. The molecule has 0 bridgehead atoms. The Kier molecular flexibility index (Phi) is 4.78. The highest BCUT2D eigenvalue weighted by atomic mass is 16.5. The first-order chi connectivity index (χ1) is 12.3. The van der Waals surface area contributed by atoms with Crippen molar-refractivity contribution in [2.45, 2.75) is 50.7 Å². The van der Waals surface area contributed by atoms with Crippen molar-refractivity contribution in [3.63, 3.8) is 0 Å². The number of ether oxygens (including phenoxy) is 1. The van der Waals surface area contributed by atoms with Gasteiger partial charge in [-0.25, -0.2) is 9.67 Å². The summed E-state index contributed by atoms with van der Waals surface area (Å²) in [6.07, 6.45) is 10.4. The van der Waals surface area contributed by atoms with E-state index in [4.69, 9.17) is 4.74 Å². The monoisotopic (exact) mass is 340 g/mol. The van der Waals surface area contributed by atoms with Crippen LogP contribution in [-0.2, 0) is 4.74 Å². The summed E-state index contributed by atoms with van der Waals surface area (Å²) in [6, 6.07) is 7.69. The predicted octanol–water partition coefficient (Wildman–Crippen LogP) is 2.83. The van der Waals surface area contributed by atoms with Crippen molar-refractivity contribution in [1.82, 2.24) is 19.7 Å². The molecule has 0 spiro atoms. The van der Waals surface area contributed by atoms with Crippen LogP contribution in [0.25, 0.3) is 5.82 Å². The molecule has 2 fully saturated rings. The quantitative estimate of drug-likeness (QED) is 0.840. The van der Waals surface area contributed by atoms with Gasteiger partial charge in [-0.2, -0.15) is 5.10 Å². The zero-order valence-corrected chi connectivity index (χ0v) is 14.4. The van der Waals surface area contributed by atoms with Gasteiger partial charge in [-0.15, -0.1) is 0 Å². The van der Waals surface area contributed by atoms with Gasteiger partial charge in [0.15, 0.2) is 5.82 Å². The summed E-state index contributed by atoms with van der Waals surface area (Å²) in [5.41, 5.74) is 0.484. The summed E-state index contributed by atoms with van der Waals surface area (Å²) in [4.78, 5) is 19.8. The van der Waals surface area contributed by atoms with Gasteiger partial charge in [-0.3, -0.25) is 4.79 Å². The number of carbonyl (C=O) groups excluding carboxylic acids is 1. The molecule has 1 saturated heterocycles. The average Bonchev–Trinajstić information content (AvgIpc) is 3.42. The lowest BCUT2D eigenvalue weighted by Crippen LogP contribution is -2.43. The molecule has 2 aromatic rings. The van der Waals surface area contributed by atoms with Crippen LogP contribution >= 0.6 is 0 Å². The normalized spacial score (nSPS) is 20.9. The maximum atomic E-state index is 13.2. The van der Waals surface area contributed by atoms with Gasteiger partial charge in [0.1, 0.15) is 5.69 Å². The van der Waals surface area contributed by atoms with Crippen LogP contribution in [0.1, 0.15) is 49.0 Å². The van der Waals surface area contributed by atoms with Gasteiger partial charge in [0, 0.05) is 31.6 Å². The third-order valence-corrected chi connectivity index (χ3v) is 5.14. The Balaban J connectivity index is 1.57. The van der Waals surface area contributed by atoms with Gasteiger partial charge in [0.05, 0.1) is 6.10 Å². The minimum Gasteiger partial charge on any atom is -0.376 e. The van der Waals surface area contributed by atoms with Crippen LogP contribution in [0.15, 0.2) is 36.7 Å². The number of rotatable bonds is 5. The fraction of sp³-hybridized carbons (Fsp3) is 0.526. The smallest absolute Gasteiger partial charge is 0.272 e. The van der Waals surface area contributed by atoms with E-state index in [1.54, 1.807) is 16.9 Å². The molecule has 1 saturated carbocycles. The standard InChI is InChI=1S/C19H24N4O2/c24-19(17-9-3-10-18(21-17)23-12-5-11-20-23)22(15-6-1-2-7-15)14-16-8-4-13-25-16/h3,5,9-12,15-16H,1-2,4,6-8,13-14H2/t16-/m0/s1. The molecule has 6 nitrogen and oxygen atoms in total. The van der Waals surface area contributed by atoms with Crippen LogP contribution in [-0.4, -0.2) is 50.9 Å². The molecule has 1 atom stereocenters. The molecule has 1 aliphatic carbocycles. The predicted molar refractivity (Wildman–Crippen MR) is 93.6 cm³/mol. The van der Waals surface area contributed by atoms with E-state index < -0.39 is 0 Å². The highest BCUT2D eigenvalue weighted by Gasteiger charge is 2.31. The molecule has 132 valence electrons. The number of hydrogen-bond acceptors (Lipinski definition) is 4. The van der Waals surface area contributed by atoms with E-state index in [0.29, 0.717) is 24.1 Å². The number of hydrogen-bond donors (Lipinski definition) is 0. The zero-order chi connectivity index (χ0) is 17.1. The van der Waals surface area contributed by atoms with E-state index in [-0.39, 0.29) is 12.0 Å². The number of amides is 1. The van der Waals surface area contributed by atoms with Gasteiger partial charge >= 0.3 is 0 Å². The molecular formula is C19H24N4O2. The topological polar surface area (TPSA) is 60.2 Å². The van der Waals surface area contributed by atoms with E-state index in [1.165, 1.54) is 12.8 Å². The molecule has 6 heteroatoms. The van der Waals surface area contributed by atoms with Crippen LogP contribution in [0.2, 0.25) is 0 Å². The lowest BCUT2D eigenvalue weighted by atomic mass is 10.1. The first-order valence-corrected chi connectivity index (χ1v) is 9.21. The highest BCUT2D eigenvalue weighted by molar-refractivity contribution is 5.92. The van der Waals surface area contributed by atoms with E-state index in [9.17, 15) is 4.79 Å². The van der Waals surface area contributed by atoms with Crippen molar-refractivity contribution >= 4 is 5.91 Å². The first kappa shape index (κ1) is 16.3. The van der Waals surface area contributed by atoms with Crippen molar-refractivity contribution in [3.8, 4) is 5.82 Å². The molecule has 2 aliphatic rings. The molecule has 0 unspecified atom stereocenters. The molecule has 1 aliphatic heterocycles. The summed E-state index contributed by atoms with van der Waals surface area (Å²) >= 11 is 0. The first-order valence-electron chi connectivity index (χ1n) is 9.21. The second-order valence-corrected chi connectivity index (χ2v) is 6.86. The molecule has 2 aromatic heterocycles. The second-order valence-electron chi connectivity index (χ2n) is 6.86. The lowest BCUT2D eigenvalue weighted by molar-refractivity contribution is 0.0416. The maximum absolute atomic E-state index is 13.2. The van der Waals surface area contributed by atoms with Crippen molar-refractivity contribution in [1.29, 1.82) is 0 Å². The van der Waals surface area contributed by atoms with Crippen molar-refractivity contribution in [2.75, 3.05) is 13.2 Å². The van der Waals surface area contributed by atoms with Crippen LogP contribution in [0.4, 0.5) is 0 Å². The minimum atomic E-state index is 0.0106. The SMILES string of the molecule is O=C(c1cccc(-n2cccn2)n1)N(C[C@@H]1CCCO1)C1CCCC1. The fourth-order valence-electron chi connectivity index (χ4n) is 3.84. The van der Waals surface area contributed by atoms with E-state index in [1.807, 2.05) is 29.3 Å². The molecular weight excluding hydrogens is 316 g/mol. The Morgan fingerprint density at radius 2 is 2.08 bits per heavy atom. The molecule has 1 amide bonds. The summed E-state index contributed by atoms with van der Waals surface area (Å²) in [7, 11) is 0. The molecule has 25 heavy (non-hydrogen) atoms. The average molecular weight is 340 g/mol. The maximum Gasteiger partial charge on any atom is 0.272 e. The molecule has 0 N–H and O–H groups in total. The Hall–Kier alpha value is -2.21. The third-order valence-electron chi connectivity index (χ3n) is 5.14. The van der Waals surface area contributed by atoms with Gasteiger partial charge in [-0.05, 0) is 43.9 Å². The molecule has 0 radical (unpaired) electrons. The van der Waals surface area contributed by atoms with Gasteiger partial charge < -0.3 is 9.64 Å². The second kappa shape index (κ2) is 7.35. The summed E-state index contributed by atoms with van der Waals surface area (Å²) in [5.74, 6) is 0.677. The lowest BCUT2D eigenvalue weighted by Gasteiger charge is -2.31. The van der Waals surface area contributed by atoms with Gasteiger partial charge in [0.25, 0.3) is 5.91 Å². The Bertz CT molecular complexity index is 704. The Morgan fingerprint density at radius 3 is 2.80 bits per heavy atom. The third kappa shape index (κ3) is 3.58. The summed E-state index contributed by atoms with van der Waals surface area (Å²) < 4.78 is 7.46. The van der Waals surface area contributed by atoms with E-state index in [2.05, 4.69) is 10.1 Å². The minimum absolute atomic E-state index is 0.0106.